The third kappa shape index (κ3) is 3.65. The van der Waals surface area contributed by atoms with E-state index in [0.717, 1.165) is 11.1 Å². The Balaban J connectivity index is 2.17. The number of anilines is 1. The van der Waals surface area contributed by atoms with E-state index < -0.39 is 12.0 Å². The third-order valence-corrected chi connectivity index (χ3v) is 3.13. The number of aliphatic hydroxyl groups is 1. The maximum Gasteiger partial charge on any atom is 0.259 e. The van der Waals surface area contributed by atoms with Crippen molar-refractivity contribution in [3.63, 3.8) is 0 Å². The van der Waals surface area contributed by atoms with Crippen molar-refractivity contribution in [3.8, 4) is 0 Å². The molecule has 0 aliphatic heterocycles. The zero-order valence-corrected chi connectivity index (χ0v) is 12.0. The average molecular weight is 286 g/mol. The minimum atomic E-state index is -1.30. The van der Waals surface area contributed by atoms with E-state index >= 15 is 0 Å². The van der Waals surface area contributed by atoms with Crippen molar-refractivity contribution in [2.75, 3.05) is 12.4 Å². The number of carbonyl (C=O) groups is 1. The molecule has 2 aromatic rings. The van der Waals surface area contributed by atoms with E-state index in [1.54, 1.807) is 38.4 Å². The number of hydrogen-bond donors (Lipinski definition) is 2. The van der Waals surface area contributed by atoms with Gasteiger partial charge >= 0.3 is 0 Å². The van der Waals surface area contributed by atoms with Gasteiger partial charge in [0, 0.05) is 24.6 Å². The summed E-state index contributed by atoms with van der Waals surface area (Å²) in [6.07, 6.45) is 0.249. The average Bonchev–Trinajstić information content (AvgIpc) is 2.49. The molecule has 5 nitrogen and oxygen atoms in total. The molecule has 21 heavy (non-hydrogen) atoms. The lowest BCUT2D eigenvalue weighted by molar-refractivity contribution is -0.124. The Bertz CT molecular complexity index is 628. The predicted octanol–water partition coefficient (Wildman–Crippen LogP) is 2.21. The highest BCUT2D eigenvalue weighted by atomic mass is 16.5. The van der Waals surface area contributed by atoms with Crippen LogP contribution in [0.1, 0.15) is 22.9 Å². The monoisotopic (exact) mass is 286 g/mol. The normalized spacial score (nSPS) is 12.0. The van der Waals surface area contributed by atoms with Gasteiger partial charge in [0.25, 0.3) is 5.91 Å². The second-order valence-corrected chi connectivity index (χ2v) is 4.69. The molecule has 0 saturated carbocycles. The van der Waals surface area contributed by atoms with Gasteiger partial charge in [0.15, 0.2) is 6.10 Å². The maximum atomic E-state index is 12.2. The molecular weight excluding hydrogens is 268 g/mol. The van der Waals surface area contributed by atoms with Gasteiger partial charge in [-0.05, 0) is 24.6 Å². The van der Waals surface area contributed by atoms with Crippen LogP contribution < -0.4 is 5.32 Å². The Morgan fingerprint density at radius 3 is 2.81 bits per heavy atom. The first kappa shape index (κ1) is 15.2. The Labute approximate surface area is 123 Å². The number of carbonyl (C=O) groups excluding carboxylic acids is 1. The molecule has 1 atom stereocenters. The third-order valence-electron chi connectivity index (χ3n) is 3.13. The molecule has 2 rings (SSSR count). The van der Waals surface area contributed by atoms with Gasteiger partial charge < -0.3 is 15.2 Å². The molecule has 0 radical (unpaired) electrons. The van der Waals surface area contributed by atoms with Crippen LogP contribution in [0.3, 0.4) is 0 Å². The van der Waals surface area contributed by atoms with Gasteiger partial charge in [-0.25, -0.2) is 0 Å². The van der Waals surface area contributed by atoms with Gasteiger partial charge in [-0.15, -0.1) is 0 Å². The van der Waals surface area contributed by atoms with Crippen molar-refractivity contribution in [2.45, 2.75) is 19.6 Å². The summed E-state index contributed by atoms with van der Waals surface area (Å²) < 4.78 is 5.09. The number of para-hydroxylation sites is 1. The van der Waals surface area contributed by atoms with Crippen LogP contribution >= 0.6 is 0 Å². The summed E-state index contributed by atoms with van der Waals surface area (Å²) in [4.78, 5) is 16.2. The highest BCUT2D eigenvalue weighted by molar-refractivity contribution is 5.95. The number of hydrogen-bond acceptors (Lipinski definition) is 4. The number of aliphatic hydroxyl groups excluding tert-OH is 1. The molecule has 0 saturated heterocycles. The van der Waals surface area contributed by atoms with E-state index in [1.165, 1.54) is 0 Å². The fraction of sp³-hybridized carbons (Fsp3) is 0.250. The van der Waals surface area contributed by atoms with Gasteiger partial charge in [-0.1, -0.05) is 24.3 Å². The first-order valence-corrected chi connectivity index (χ1v) is 6.60. The van der Waals surface area contributed by atoms with E-state index in [0.29, 0.717) is 18.0 Å². The van der Waals surface area contributed by atoms with E-state index in [1.807, 2.05) is 18.2 Å². The van der Waals surface area contributed by atoms with Crippen LogP contribution in [0.2, 0.25) is 0 Å². The van der Waals surface area contributed by atoms with Crippen LogP contribution in [0.25, 0.3) is 0 Å². The number of ether oxygens (including phenoxy) is 1. The number of aryl methyl sites for hydroxylation is 1. The van der Waals surface area contributed by atoms with Crippen molar-refractivity contribution in [1.29, 1.82) is 0 Å². The Hall–Kier alpha value is -2.24. The molecule has 0 fully saturated rings. The SMILES string of the molecule is COCc1ccccc1NC(=O)[C@@H](O)c1ncccc1C. The quantitative estimate of drug-likeness (QED) is 0.884. The summed E-state index contributed by atoms with van der Waals surface area (Å²) in [5.74, 6) is -0.514. The summed E-state index contributed by atoms with van der Waals surface area (Å²) >= 11 is 0. The minimum Gasteiger partial charge on any atom is -0.380 e. The highest BCUT2D eigenvalue weighted by Gasteiger charge is 2.21. The molecule has 1 aromatic heterocycles. The molecule has 0 bridgehead atoms. The number of nitrogens with zero attached hydrogens (tertiary/aromatic N) is 1. The first-order valence-electron chi connectivity index (χ1n) is 6.60. The van der Waals surface area contributed by atoms with Crippen LogP contribution in [0.5, 0.6) is 0 Å². The van der Waals surface area contributed by atoms with Gasteiger partial charge in [0.2, 0.25) is 0 Å². The van der Waals surface area contributed by atoms with Crippen LogP contribution in [0, 0.1) is 6.92 Å². The molecule has 2 N–H and O–H groups in total. The number of pyridine rings is 1. The summed E-state index contributed by atoms with van der Waals surface area (Å²) in [6, 6.07) is 10.9. The highest BCUT2D eigenvalue weighted by Crippen LogP contribution is 2.20. The number of amides is 1. The predicted molar refractivity (Wildman–Crippen MR) is 79.7 cm³/mol. The Morgan fingerprint density at radius 1 is 1.33 bits per heavy atom. The molecule has 1 amide bonds. The van der Waals surface area contributed by atoms with E-state index in [4.69, 9.17) is 4.74 Å². The Morgan fingerprint density at radius 2 is 2.10 bits per heavy atom. The number of nitrogens with one attached hydrogen (secondary N) is 1. The summed E-state index contributed by atoms with van der Waals surface area (Å²) in [5.41, 5.74) is 2.60. The van der Waals surface area contributed by atoms with Crippen molar-refractivity contribution in [3.05, 3.63) is 59.4 Å². The molecular formula is C16H18N2O3. The van der Waals surface area contributed by atoms with Gasteiger partial charge in [0.1, 0.15) is 0 Å². The smallest absolute Gasteiger partial charge is 0.259 e. The number of benzene rings is 1. The fourth-order valence-corrected chi connectivity index (χ4v) is 2.03. The van der Waals surface area contributed by atoms with Gasteiger partial charge in [0.05, 0.1) is 12.3 Å². The van der Waals surface area contributed by atoms with E-state index in [9.17, 15) is 9.90 Å². The van der Waals surface area contributed by atoms with Crippen molar-refractivity contribution in [2.24, 2.45) is 0 Å². The van der Waals surface area contributed by atoms with Gasteiger partial charge in [-0.3, -0.25) is 9.78 Å². The molecule has 0 spiro atoms. The zero-order valence-electron chi connectivity index (χ0n) is 12.0. The molecule has 1 aromatic carbocycles. The lowest BCUT2D eigenvalue weighted by atomic mass is 10.1. The van der Waals surface area contributed by atoms with Crippen LogP contribution in [-0.4, -0.2) is 23.1 Å². The second-order valence-electron chi connectivity index (χ2n) is 4.69. The molecule has 0 aliphatic rings. The standard InChI is InChI=1S/C16H18N2O3/c1-11-6-5-9-17-14(11)15(19)16(20)18-13-8-4-3-7-12(13)10-21-2/h3-9,15,19H,10H2,1-2H3,(H,18,20)/t15-/m0/s1. The summed E-state index contributed by atoms with van der Waals surface area (Å²) in [7, 11) is 1.59. The van der Waals surface area contributed by atoms with Crippen molar-refractivity contribution < 1.29 is 14.6 Å². The molecule has 1 heterocycles. The van der Waals surface area contributed by atoms with Crippen molar-refractivity contribution in [1.82, 2.24) is 4.98 Å². The number of aromatic nitrogens is 1. The zero-order chi connectivity index (χ0) is 15.2. The van der Waals surface area contributed by atoms with Crippen LogP contribution in [0.15, 0.2) is 42.6 Å². The van der Waals surface area contributed by atoms with Gasteiger partial charge in [-0.2, -0.15) is 0 Å². The molecule has 110 valence electrons. The summed E-state index contributed by atoms with van der Waals surface area (Å²) in [6.45, 7) is 2.19. The molecule has 5 heteroatoms. The second kappa shape index (κ2) is 6.97. The number of methoxy groups -OCH3 is 1. The minimum absolute atomic E-state index is 0.360. The number of rotatable bonds is 5. The molecule has 0 unspecified atom stereocenters. The first-order chi connectivity index (χ1) is 10.1. The lowest BCUT2D eigenvalue weighted by Gasteiger charge is -2.15. The van der Waals surface area contributed by atoms with E-state index in [2.05, 4.69) is 10.3 Å². The largest absolute Gasteiger partial charge is 0.380 e. The lowest BCUT2D eigenvalue weighted by Crippen LogP contribution is -2.23. The molecule has 0 aliphatic carbocycles. The Kier molecular flexibility index (Phi) is 5.03. The van der Waals surface area contributed by atoms with E-state index in [-0.39, 0.29) is 0 Å². The summed E-state index contributed by atoms with van der Waals surface area (Å²) in [5, 5.41) is 12.9. The fourth-order valence-electron chi connectivity index (χ4n) is 2.03. The van der Waals surface area contributed by atoms with Crippen LogP contribution in [-0.2, 0) is 16.1 Å². The van der Waals surface area contributed by atoms with Crippen molar-refractivity contribution >= 4 is 11.6 Å². The maximum absolute atomic E-state index is 12.2. The van der Waals surface area contributed by atoms with Crippen LogP contribution in [0.4, 0.5) is 5.69 Å². The topological polar surface area (TPSA) is 71.5 Å².